The number of methoxy groups -OCH3 is 1. The zero-order chi connectivity index (χ0) is 12.0. The minimum absolute atomic E-state index is 0.354. The van der Waals surface area contributed by atoms with Gasteiger partial charge in [0.25, 0.3) is 0 Å². The first-order valence-electron chi connectivity index (χ1n) is 4.84. The van der Waals surface area contributed by atoms with Gasteiger partial charge in [-0.15, -0.1) is 0 Å². The summed E-state index contributed by atoms with van der Waals surface area (Å²) in [5.41, 5.74) is 1.34. The van der Waals surface area contributed by atoms with Gasteiger partial charge in [-0.2, -0.15) is 0 Å². The summed E-state index contributed by atoms with van der Waals surface area (Å²) in [5.74, 6) is 0.334. The average molecular weight is 285 g/mol. The average Bonchev–Trinajstić information content (AvgIpc) is 2.35. The van der Waals surface area contributed by atoms with Crippen molar-refractivity contribution in [1.29, 1.82) is 0 Å². The second-order valence-corrected chi connectivity index (χ2v) is 3.44. The van der Waals surface area contributed by atoms with Crippen molar-refractivity contribution < 1.29 is 14.3 Å². The molecule has 86 valence electrons. The number of hydrogen-bond donors (Lipinski definition) is 0. The highest BCUT2D eigenvalue weighted by atomic mass is 79.9. The Hall–Kier alpha value is -1.29. The molecule has 0 aliphatic carbocycles. The van der Waals surface area contributed by atoms with Crippen LogP contribution in [0.1, 0.15) is 22.8 Å². The molecular formula is C12H13BrO3. The van der Waals surface area contributed by atoms with Gasteiger partial charge >= 0.3 is 5.97 Å². The minimum Gasteiger partial charge on any atom is -0.493 e. The number of benzene rings is 1. The predicted octanol–water partition coefficient (Wildman–Crippen LogP) is 3.20. The summed E-state index contributed by atoms with van der Waals surface area (Å²) in [6, 6.07) is 7.09. The lowest BCUT2D eigenvalue weighted by Crippen LogP contribution is -2.02. The molecule has 1 aromatic rings. The highest BCUT2D eigenvalue weighted by Gasteiger charge is 2.08. The van der Waals surface area contributed by atoms with Crippen LogP contribution in [-0.2, 0) is 9.47 Å². The van der Waals surface area contributed by atoms with Crippen molar-refractivity contribution in [2.75, 3.05) is 13.7 Å². The SMILES string of the molecule is CCOC(=CBr)c1cccc(C(=O)OC)c1. The Bertz CT molecular complexity index is 399. The maximum absolute atomic E-state index is 11.3. The number of esters is 1. The largest absolute Gasteiger partial charge is 0.493 e. The number of carbonyl (C=O) groups excluding carboxylic acids is 1. The van der Waals surface area contributed by atoms with Crippen molar-refractivity contribution in [2.45, 2.75) is 6.92 Å². The zero-order valence-electron chi connectivity index (χ0n) is 9.20. The van der Waals surface area contributed by atoms with E-state index in [1.807, 2.05) is 13.0 Å². The molecule has 0 unspecified atom stereocenters. The van der Waals surface area contributed by atoms with Crippen molar-refractivity contribution >= 4 is 27.7 Å². The molecule has 0 amide bonds. The number of halogens is 1. The second-order valence-electron chi connectivity index (χ2n) is 2.98. The summed E-state index contributed by atoms with van der Waals surface area (Å²) < 4.78 is 10.1. The molecule has 0 radical (unpaired) electrons. The van der Waals surface area contributed by atoms with Crippen molar-refractivity contribution in [3.8, 4) is 0 Å². The molecule has 0 saturated heterocycles. The predicted molar refractivity (Wildman–Crippen MR) is 66.3 cm³/mol. The molecule has 0 fully saturated rings. The molecule has 0 atom stereocenters. The van der Waals surface area contributed by atoms with Crippen LogP contribution < -0.4 is 0 Å². The fourth-order valence-electron chi connectivity index (χ4n) is 1.25. The molecule has 0 aliphatic heterocycles. The molecular weight excluding hydrogens is 272 g/mol. The third-order valence-corrected chi connectivity index (χ3v) is 2.38. The maximum Gasteiger partial charge on any atom is 0.337 e. The summed E-state index contributed by atoms with van der Waals surface area (Å²) >= 11 is 3.23. The van der Waals surface area contributed by atoms with Crippen LogP contribution in [0.25, 0.3) is 5.76 Å². The second kappa shape index (κ2) is 6.33. The van der Waals surface area contributed by atoms with Crippen LogP contribution in [0.4, 0.5) is 0 Å². The van der Waals surface area contributed by atoms with E-state index in [0.717, 1.165) is 5.56 Å². The molecule has 4 heteroatoms. The van der Waals surface area contributed by atoms with Crippen LogP contribution in [0.15, 0.2) is 29.3 Å². The summed E-state index contributed by atoms with van der Waals surface area (Å²) in [6.45, 7) is 2.47. The van der Waals surface area contributed by atoms with Gasteiger partial charge in [0.2, 0.25) is 0 Å². The van der Waals surface area contributed by atoms with Crippen molar-refractivity contribution in [3.05, 3.63) is 40.4 Å². The van der Waals surface area contributed by atoms with Crippen LogP contribution in [0.3, 0.4) is 0 Å². The van der Waals surface area contributed by atoms with E-state index >= 15 is 0 Å². The van der Waals surface area contributed by atoms with Crippen molar-refractivity contribution in [1.82, 2.24) is 0 Å². The van der Waals surface area contributed by atoms with Crippen LogP contribution in [0.2, 0.25) is 0 Å². The lowest BCUT2D eigenvalue weighted by atomic mass is 10.1. The third-order valence-electron chi connectivity index (χ3n) is 1.97. The lowest BCUT2D eigenvalue weighted by Gasteiger charge is -2.08. The first-order valence-corrected chi connectivity index (χ1v) is 5.76. The zero-order valence-corrected chi connectivity index (χ0v) is 10.8. The van der Waals surface area contributed by atoms with Gasteiger partial charge in [0, 0.05) is 10.5 Å². The smallest absolute Gasteiger partial charge is 0.337 e. The van der Waals surface area contributed by atoms with Crippen LogP contribution in [0.5, 0.6) is 0 Å². The molecule has 0 aliphatic rings. The Kier molecular flexibility index (Phi) is 5.05. The molecule has 3 nitrogen and oxygen atoms in total. The Morgan fingerprint density at radius 1 is 1.44 bits per heavy atom. The Balaban J connectivity index is 3.02. The van der Waals surface area contributed by atoms with E-state index in [2.05, 4.69) is 20.7 Å². The summed E-state index contributed by atoms with van der Waals surface area (Å²) in [6.07, 6.45) is 0. The van der Waals surface area contributed by atoms with E-state index in [-0.39, 0.29) is 5.97 Å². The summed E-state index contributed by atoms with van der Waals surface area (Å²) in [7, 11) is 1.36. The van der Waals surface area contributed by atoms with E-state index in [1.165, 1.54) is 7.11 Å². The van der Waals surface area contributed by atoms with E-state index in [0.29, 0.717) is 17.9 Å². The van der Waals surface area contributed by atoms with Gasteiger partial charge in [-0.05, 0) is 19.1 Å². The third kappa shape index (κ3) is 3.10. The van der Waals surface area contributed by atoms with Crippen LogP contribution >= 0.6 is 15.9 Å². The highest BCUT2D eigenvalue weighted by molar-refractivity contribution is 9.11. The van der Waals surface area contributed by atoms with E-state index in [4.69, 9.17) is 4.74 Å². The van der Waals surface area contributed by atoms with Gasteiger partial charge in [-0.25, -0.2) is 4.79 Å². The molecule has 0 bridgehead atoms. The molecule has 1 aromatic carbocycles. The van der Waals surface area contributed by atoms with Crippen molar-refractivity contribution in [2.24, 2.45) is 0 Å². The molecule has 16 heavy (non-hydrogen) atoms. The Morgan fingerprint density at radius 3 is 2.69 bits per heavy atom. The van der Waals surface area contributed by atoms with Crippen LogP contribution in [-0.4, -0.2) is 19.7 Å². The van der Waals surface area contributed by atoms with Crippen LogP contribution in [0, 0.1) is 0 Å². The topological polar surface area (TPSA) is 35.5 Å². The normalized spacial score (nSPS) is 11.1. The molecule has 0 N–H and O–H groups in total. The fourth-order valence-corrected chi connectivity index (χ4v) is 1.65. The monoisotopic (exact) mass is 284 g/mol. The number of carbonyl (C=O) groups is 1. The standard InChI is InChI=1S/C12H13BrO3/c1-3-16-11(8-13)9-5-4-6-10(7-9)12(14)15-2/h4-8H,3H2,1-2H3. The van der Waals surface area contributed by atoms with E-state index in [9.17, 15) is 4.79 Å². The number of hydrogen-bond acceptors (Lipinski definition) is 3. The van der Waals surface area contributed by atoms with Gasteiger partial charge < -0.3 is 9.47 Å². The Labute approximate surface area is 103 Å². The first kappa shape index (κ1) is 12.8. The van der Waals surface area contributed by atoms with E-state index < -0.39 is 0 Å². The van der Waals surface area contributed by atoms with E-state index in [1.54, 1.807) is 23.2 Å². The quantitative estimate of drug-likeness (QED) is 0.629. The summed E-state index contributed by atoms with van der Waals surface area (Å²) in [5, 5.41) is 0. The lowest BCUT2D eigenvalue weighted by molar-refractivity contribution is 0.0600. The highest BCUT2D eigenvalue weighted by Crippen LogP contribution is 2.19. The Morgan fingerprint density at radius 2 is 2.12 bits per heavy atom. The number of rotatable bonds is 4. The van der Waals surface area contributed by atoms with Crippen molar-refractivity contribution in [3.63, 3.8) is 0 Å². The molecule has 0 aromatic heterocycles. The molecule has 0 saturated carbocycles. The fraction of sp³-hybridized carbons (Fsp3) is 0.250. The first-order chi connectivity index (χ1) is 7.72. The molecule has 0 spiro atoms. The van der Waals surface area contributed by atoms with Gasteiger partial charge in [0.15, 0.2) is 0 Å². The van der Waals surface area contributed by atoms with Gasteiger partial charge in [0.05, 0.1) is 19.3 Å². The minimum atomic E-state index is -0.354. The summed E-state index contributed by atoms with van der Waals surface area (Å²) in [4.78, 5) is 13.0. The van der Waals surface area contributed by atoms with Gasteiger partial charge in [0.1, 0.15) is 5.76 Å². The van der Waals surface area contributed by atoms with Gasteiger partial charge in [-0.3, -0.25) is 0 Å². The number of ether oxygens (including phenoxy) is 2. The van der Waals surface area contributed by atoms with Gasteiger partial charge in [-0.1, -0.05) is 28.1 Å². The molecule has 0 heterocycles. The molecule has 1 rings (SSSR count). The maximum atomic E-state index is 11.3.